The minimum atomic E-state index is 0.141. The van der Waals surface area contributed by atoms with Crippen molar-refractivity contribution < 1.29 is 0 Å². The van der Waals surface area contributed by atoms with Crippen LogP contribution in [-0.4, -0.2) is 0 Å². The first-order valence-electron chi connectivity index (χ1n) is 19.1. The van der Waals surface area contributed by atoms with Crippen LogP contribution in [0.4, 0.5) is 17.1 Å². The Kier molecular flexibility index (Phi) is 9.58. The zero-order valence-electron chi connectivity index (χ0n) is 30.7. The molecule has 1 nitrogen and oxygen atoms in total. The van der Waals surface area contributed by atoms with E-state index in [0.29, 0.717) is 0 Å². The highest BCUT2D eigenvalue weighted by atomic mass is 15.1. The molecule has 0 spiro atoms. The van der Waals surface area contributed by atoms with E-state index in [4.69, 9.17) is 0 Å². The lowest BCUT2D eigenvalue weighted by molar-refractivity contribution is 0.890. The quantitative estimate of drug-likeness (QED) is 0.145. The van der Waals surface area contributed by atoms with Gasteiger partial charge in [0.2, 0.25) is 0 Å². The molecule has 0 fully saturated rings. The van der Waals surface area contributed by atoms with Crippen molar-refractivity contribution in [2.75, 3.05) is 4.90 Å². The van der Waals surface area contributed by atoms with Gasteiger partial charge in [-0.05, 0) is 116 Å². The van der Waals surface area contributed by atoms with Crippen LogP contribution in [0.3, 0.4) is 0 Å². The molecule has 0 amide bonds. The second kappa shape index (κ2) is 15.6. The van der Waals surface area contributed by atoms with E-state index in [9.17, 15) is 0 Å². The third kappa shape index (κ3) is 7.09. The summed E-state index contributed by atoms with van der Waals surface area (Å²) in [5, 5.41) is 0. The summed E-state index contributed by atoms with van der Waals surface area (Å²) in [5.41, 5.74) is 17.2. The van der Waals surface area contributed by atoms with Crippen LogP contribution in [0.5, 0.6) is 0 Å². The van der Waals surface area contributed by atoms with Crippen molar-refractivity contribution in [2.45, 2.75) is 12.3 Å². The number of benzene rings is 8. The smallest absolute Gasteiger partial charge is 0.0462 e. The van der Waals surface area contributed by atoms with Crippen molar-refractivity contribution in [2.24, 2.45) is 0 Å². The van der Waals surface area contributed by atoms with Crippen molar-refractivity contribution in [1.29, 1.82) is 0 Å². The first kappa shape index (κ1) is 33.8. The summed E-state index contributed by atoms with van der Waals surface area (Å²) in [7, 11) is 0. The number of anilines is 3. The van der Waals surface area contributed by atoms with Gasteiger partial charge in [0.25, 0.3) is 0 Å². The van der Waals surface area contributed by atoms with E-state index in [2.05, 4.69) is 235 Å². The average Bonchev–Trinajstić information content (AvgIpc) is 3.28. The molecule has 0 radical (unpaired) electrons. The summed E-state index contributed by atoms with van der Waals surface area (Å²) in [5.74, 6) is 0.141. The number of rotatable bonds is 9. The number of allylic oxidation sites excluding steroid dienone is 4. The van der Waals surface area contributed by atoms with Gasteiger partial charge in [0, 0.05) is 23.0 Å². The molecule has 1 atom stereocenters. The van der Waals surface area contributed by atoms with Crippen LogP contribution in [0.15, 0.2) is 231 Å². The van der Waals surface area contributed by atoms with Crippen LogP contribution in [-0.2, 0) is 0 Å². The summed E-state index contributed by atoms with van der Waals surface area (Å²) >= 11 is 0. The van der Waals surface area contributed by atoms with Crippen LogP contribution in [0.2, 0.25) is 0 Å². The third-order valence-corrected chi connectivity index (χ3v) is 10.7. The lowest BCUT2D eigenvalue weighted by atomic mass is 9.74. The number of nitrogens with zero attached hydrogens (tertiary/aromatic N) is 1. The van der Waals surface area contributed by atoms with Gasteiger partial charge in [-0.15, -0.1) is 0 Å². The van der Waals surface area contributed by atoms with E-state index in [-0.39, 0.29) is 5.92 Å². The van der Waals surface area contributed by atoms with Crippen molar-refractivity contribution in [3.05, 3.63) is 247 Å². The van der Waals surface area contributed by atoms with Gasteiger partial charge in [0.15, 0.2) is 0 Å². The van der Waals surface area contributed by atoms with Gasteiger partial charge in [0.05, 0.1) is 0 Å². The lowest BCUT2D eigenvalue weighted by Crippen LogP contribution is -2.10. The minimum absolute atomic E-state index is 0.141. The molecule has 1 aliphatic carbocycles. The fraction of sp³-hybridized carbons (Fsp3) is 0.0370. The summed E-state index contributed by atoms with van der Waals surface area (Å²) in [6.07, 6.45) is 5.60. The SMILES string of the molecule is C1=C(c2ccccc2)CC(c2cc(-c3ccccc3)c(-c3ccc(N(c4ccccc4)c4ccccc4)cc3)cc2-c2ccccc2)C(c2ccccc2)=C1. The predicted molar refractivity (Wildman–Crippen MR) is 234 cm³/mol. The number of hydrogen-bond acceptors (Lipinski definition) is 1. The highest BCUT2D eigenvalue weighted by molar-refractivity contribution is 5.92. The second-order valence-corrected chi connectivity index (χ2v) is 14.1. The first-order valence-corrected chi connectivity index (χ1v) is 19.1. The van der Waals surface area contributed by atoms with E-state index in [1.165, 1.54) is 61.2 Å². The van der Waals surface area contributed by atoms with E-state index < -0.39 is 0 Å². The molecule has 1 heteroatoms. The Morgan fingerprint density at radius 1 is 0.327 bits per heavy atom. The number of hydrogen-bond donors (Lipinski definition) is 0. The molecule has 0 bridgehead atoms. The fourth-order valence-corrected chi connectivity index (χ4v) is 8.04. The Labute approximate surface area is 324 Å². The predicted octanol–water partition coefficient (Wildman–Crippen LogP) is 14.8. The Bertz CT molecular complexity index is 2520. The highest BCUT2D eigenvalue weighted by Gasteiger charge is 2.28. The highest BCUT2D eigenvalue weighted by Crippen LogP contribution is 2.49. The maximum Gasteiger partial charge on any atom is 0.0462 e. The molecule has 0 heterocycles. The van der Waals surface area contributed by atoms with Crippen LogP contribution < -0.4 is 4.90 Å². The van der Waals surface area contributed by atoms with Gasteiger partial charge in [-0.2, -0.15) is 0 Å². The van der Waals surface area contributed by atoms with E-state index in [1.54, 1.807) is 0 Å². The Morgan fingerprint density at radius 3 is 1.25 bits per heavy atom. The molecule has 1 unspecified atom stereocenters. The first-order chi connectivity index (χ1) is 27.3. The lowest BCUT2D eigenvalue weighted by Gasteiger charge is -2.30. The van der Waals surface area contributed by atoms with Crippen molar-refractivity contribution >= 4 is 28.2 Å². The maximum absolute atomic E-state index is 2.50. The van der Waals surface area contributed by atoms with Gasteiger partial charge in [-0.3, -0.25) is 0 Å². The van der Waals surface area contributed by atoms with Gasteiger partial charge in [-0.25, -0.2) is 0 Å². The molecule has 0 N–H and O–H groups in total. The topological polar surface area (TPSA) is 3.24 Å². The third-order valence-electron chi connectivity index (χ3n) is 10.7. The van der Waals surface area contributed by atoms with E-state index >= 15 is 0 Å². The van der Waals surface area contributed by atoms with Crippen LogP contribution in [0.25, 0.3) is 44.5 Å². The molecule has 0 saturated carbocycles. The molecule has 0 saturated heterocycles. The van der Waals surface area contributed by atoms with Gasteiger partial charge >= 0.3 is 0 Å². The Balaban J connectivity index is 1.23. The van der Waals surface area contributed by atoms with Crippen LogP contribution in [0, 0.1) is 0 Å². The van der Waals surface area contributed by atoms with Crippen LogP contribution >= 0.6 is 0 Å². The largest absolute Gasteiger partial charge is 0.311 e. The zero-order valence-corrected chi connectivity index (χ0v) is 30.7. The molecular formula is C54H41N. The van der Waals surface area contributed by atoms with Gasteiger partial charge in [-0.1, -0.05) is 182 Å². The monoisotopic (exact) mass is 703 g/mol. The Hall–Kier alpha value is -6.96. The molecule has 0 aromatic heterocycles. The van der Waals surface area contributed by atoms with E-state index in [0.717, 1.165) is 23.5 Å². The Morgan fingerprint density at radius 2 is 0.727 bits per heavy atom. The molecular weight excluding hydrogens is 663 g/mol. The molecule has 1 aliphatic rings. The van der Waals surface area contributed by atoms with Crippen LogP contribution in [0.1, 0.15) is 29.0 Å². The minimum Gasteiger partial charge on any atom is -0.311 e. The van der Waals surface area contributed by atoms with Crippen molar-refractivity contribution in [1.82, 2.24) is 0 Å². The normalized spacial score (nSPS) is 13.8. The molecule has 262 valence electrons. The molecule has 0 aliphatic heterocycles. The van der Waals surface area contributed by atoms with Crippen molar-refractivity contribution in [3.63, 3.8) is 0 Å². The van der Waals surface area contributed by atoms with E-state index in [1.807, 2.05) is 0 Å². The molecule has 9 rings (SSSR count). The molecule has 8 aromatic carbocycles. The van der Waals surface area contributed by atoms with Gasteiger partial charge in [0.1, 0.15) is 0 Å². The van der Waals surface area contributed by atoms with Crippen molar-refractivity contribution in [3.8, 4) is 33.4 Å². The molecule has 8 aromatic rings. The summed E-state index contributed by atoms with van der Waals surface area (Å²) in [6, 6.07) is 78.9. The maximum atomic E-state index is 2.50. The second-order valence-electron chi connectivity index (χ2n) is 14.1. The molecule has 55 heavy (non-hydrogen) atoms. The summed E-state index contributed by atoms with van der Waals surface area (Å²) in [4.78, 5) is 2.32. The fourth-order valence-electron chi connectivity index (χ4n) is 8.04. The van der Waals surface area contributed by atoms with Gasteiger partial charge < -0.3 is 4.90 Å². The number of para-hydroxylation sites is 2. The zero-order chi connectivity index (χ0) is 36.8. The summed E-state index contributed by atoms with van der Waals surface area (Å²) in [6.45, 7) is 0. The summed E-state index contributed by atoms with van der Waals surface area (Å²) < 4.78 is 0. The average molecular weight is 704 g/mol. The standard InChI is InChI=1S/C54H41N/c1-7-19-40(20-8-1)45-33-36-49(41-21-9-2-10-22-41)53(37-45)54-39-51(42-23-11-3-12-24-42)50(38-52(54)43-25-13-4-14-26-43)44-31-34-48(35-32-44)55(46-27-15-5-16-28-46)47-29-17-6-18-30-47/h1-36,38-39,53H,37H2.